The van der Waals surface area contributed by atoms with Gasteiger partial charge in [0.15, 0.2) is 11.6 Å². The van der Waals surface area contributed by atoms with E-state index in [2.05, 4.69) is 34.6 Å². The van der Waals surface area contributed by atoms with Crippen molar-refractivity contribution >= 4 is 16.6 Å². The Morgan fingerprint density at radius 1 is 1.14 bits per heavy atom. The topological polar surface area (TPSA) is 46.8 Å². The van der Waals surface area contributed by atoms with E-state index in [0.29, 0.717) is 0 Å². The monoisotopic (exact) mass is 292 g/mol. The Hall–Kier alpha value is -2.75. The number of rotatable bonds is 3. The Bertz CT molecular complexity index is 847. The molecule has 1 aliphatic rings. The third-order valence-corrected chi connectivity index (χ3v) is 3.92. The molecule has 0 atom stereocenters. The molecule has 3 aromatic rings. The van der Waals surface area contributed by atoms with Gasteiger partial charge in [0, 0.05) is 17.3 Å². The normalized spacial score (nSPS) is 14.0. The van der Waals surface area contributed by atoms with E-state index in [1.54, 1.807) is 13.4 Å². The van der Waals surface area contributed by atoms with Crippen LogP contribution in [-0.4, -0.2) is 26.0 Å². The summed E-state index contributed by atoms with van der Waals surface area (Å²) in [7, 11) is 1.67. The molecule has 0 saturated carbocycles. The number of hydrogen-bond acceptors (Lipinski definition) is 4. The second-order valence-corrected chi connectivity index (χ2v) is 5.22. The number of ether oxygens (including phenoxy) is 1. The van der Waals surface area contributed by atoms with Gasteiger partial charge in [-0.2, -0.15) is 0 Å². The fourth-order valence-corrected chi connectivity index (χ4v) is 2.84. The second kappa shape index (κ2) is 5.22. The Morgan fingerprint density at radius 2 is 2.00 bits per heavy atom. The Kier molecular flexibility index (Phi) is 3.07. The van der Waals surface area contributed by atoms with Gasteiger partial charge in [-0.25, -0.2) is 0 Å². The molecule has 0 saturated heterocycles. The van der Waals surface area contributed by atoms with Gasteiger partial charge in [0.25, 0.3) is 0 Å². The Morgan fingerprint density at radius 3 is 2.73 bits per heavy atom. The highest BCUT2D eigenvalue weighted by atomic mass is 16.5. The van der Waals surface area contributed by atoms with Crippen molar-refractivity contribution in [2.75, 3.05) is 20.2 Å². The van der Waals surface area contributed by atoms with Gasteiger partial charge in [0.1, 0.15) is 5.75 Å². The maximum atomic E-state index is 5.79. The summed E-state index contributed by atoms with van der Waals surface area (Å²) in [5, 5.41) is 5.47. The molecule has 4 heteroatoms. The fraction of sp³-hybridized carbons (Fsp3) is 0.167. The van der Waals surface area contributed by atoms with Crippen LogP contribution in [0.2, 0.25) is 0 Å². The molecule has 0 aliphatic carbocycles. The highest BCUT2D eigenvalue weighted by Gasteiger charge is 2.18. The van der Waals surface area contributed by atoms with Crippen LogP contribution >= 0.6 is 0 Å². The van der Waals surface area contributed by atoms with Crippen LogP contribution in [0.5, 0.6) is 5.75 Å². The van der Waals surface area contributed by atoms with Gasteiger partial charge in [-0.05, 0) is 23.3 Å². The summed E-state index contributed by atoms with van der Waals surface area (Å²) in [6, 6.07) is 14.3. The van der Waals surface area contributed by atoms with Gasteiger partial charge in [0.05, 0.1) is 19.9 Å². The first-order valence-electron chi connectivity index (χ1n) is 7.30. The van der Waals surface area contributed by atoms with E-state index in [-0.39, 0.29) is 0 Å². The van der Waals surface area contributed by atoms with Crippen molar-refractivity contribution in [3.05, 3.63) is 54.5 Å². The van der Waals surface area contributed by atoms with Gasteiger partial charge in [0.2, 0.25) is 0 Å². The summed E-state index contributed by atoms with van der Waals surface area (Å²) in [5.74, 6) is 2.51. The molecule has 2 heterocycles. The lowest BCUT2D eigenvalue weighted by Crippen LogP contribution is -2.19. The van der Waals surface area contributed by atoms with Crippen LogP contribution < -0.4 is 10.1 Å². The number of furan rings is 1. The van der Waals surface area contributed by atoms with Crippen molar-refractivity contribution in [3.63, 3.8) is 0 Å². The molecule has 2 aromatic carbocycles. The summed E-state index contributed by atoms with van der Waals surface area (Å²) in [6.07, 6.45) is 1.79. The zero-order valence-corrected chi connectivity index (χ0v) is 12.3. The largest absolute Gasteiger partial charge is 0.497 e. The van der Waals surface area contributed by atoms with Crippen molar-refractivity contribution in [1.29, 1.82) is 0 Å². The third-order valence-electron chi connectivity index (χ3n) is 3.92. The zero-order chi connectivity index (χ0) is 14.9. The summed E-state index contributed by atoms with van der Waals surface area (Å²) in [6.45, 7) is 1.66. The minimum Gasteiger partial charge on any atom is -0.497 e. The average Bonchev–Trinajstić information content (AvgIpc) is 3.23. The number of fused-ring (bicyclic) bond motifs is 1. The summed E-state index contributed by atoms with van der Waals surface area (Å²) >= 11 is 0. The van der Waals surface area contributed by atoms with E-state index in [4.69, 9.17) is 9.15 Å². The van der Waals surface area contributed by atoms with Crippen molar-refractivity contribution < 1.29 is 9.15 Å². The highest BCUT2D eigenvalue weighted by molar-refractivity contribution is 6.12. The molecule has 4 rings (SSSR count). The number of methoxy groups -OCH3 is 1. The van der Waals surface area contributed by atoms with E-state index in [1.807, 2.05) is 18.2 Å². The number of benzene rings is 2. The molecule has 0 bridgehead atoms. The molecule has 0 amide bonds. The van der Waals surface area contributed by atoms with E-state index in [1.165, 1.54) is 0 Å². The minimum absolute atomic E-state index is 0.794. The summed E-state index contributed by atoms with van der Waals surface area (Å²) < 4.78 is 11.0. The van der Waals surface area contributed by atoms with Crippen molar-refractivity contribution in [3.8, 4) is 16.9 Å². The predicted molar refractivity (Wildman–Crippen MR) is 87.6 cm³/mol. The molecule has 0 unspecified atom stereocenters. The molecule has 1 aromatic heterocycles. The molecule has 110 valence electrons. The Labute approximate surface area is 128 Å². The second-order valence-electron chi connectivity index (χ2n) is 5.22. The molecule has 1 aliphatic heterocycles. The molecule has 4 nitrogen and oxygen atoms in total. The van der Waals surface area contributed by atoms with Crippen molar-refractivity contribution in [1.82, 2.24) is 5.32 Å². The maximum Gasteiger partial charge on any atom is 0.176 e. The molecular weight excluding hydrogens is 276 g/mol. The SMILES string of the molecule is COc1ccc(-c2cccc3coc(C4=NCCN4)c23)cc1. The van der Waals surface area contributed by atoms with E-state index in [0.717, 1.165) is 52.3 Å². The predicted octanol–water partition coefficient (Wildman–Crippen LogP) is 3.46. The van der Waals surface area contributed by atoms with Crippen LogP contribution in [0.1, 0.15) is 5.76 Å². The first-order chi connectivity index (χ1) is 10.9. The van der Waals surface area contributed by atoms with Gasteiger partial charge < -0.3 is 14.5 Å². The van der Waals surface area contributed by atoms with Crippen LogP contribution in [0, 0.1) is 0 Å². The average molecular weight is 292 g/mol. The van der Waals surface area contributed by atoms with E-state index in [9.17, 15) is 0 Å². The standard InChI is InChI=1S/C18H16N2O2/c1-21-14-7-5-12(6-8-14)15-4-2-3-13-11-22-17(16(13)15)18-19-9-10-20-18/h2-8,11H,9-10H2,1H3,(H,19,20). The summed E-state index contributed by atoms with van der Waals surface area (Å²) in [4.78, 5) is 4.48. The van der Waals surface area contributed by atoms with Crippen LogP contribution in [0.3, 0.4) is 0 Å². The molecular formula is C18H16N2O2. The van der Waals surface area contributed by atoms with Gasteiger partial charge in [-0.1, -0.05) is 30.3 Å². The fourth-order valence-electron chi connectivity index (χ4n) is 2.84. The third kappa shape index (κ3) is 2.04. The van der Waals surface area contributed by atoms with Crippen molar-refractivity contribution in [2.24, 2.45) is 4.99 Å². The maximum absolute atomic E-state index is 5.79. The molecule has 0 fully saturated rings. The molecule has 0 spiro atoms. The molecule has 0 radical (unpaired) electrons. The first-order valence-corrected chi connectivity index (χ1v) is 7.30. The number of hydrogen-bond donors (Lipinski definition) is 1. The van der Waals surface area contributed by atoms with E-state index < -0.39 is 0 Å². The number of nitrogens with zero attached hydrogens (tertiary/aromatic N) is 1. The number of aliphatic imine (C=N–C) groups is 1. The lowest BCUT2D eigenvalue weighted by atomic mass is 9.99. The van der Waals surface area contributed by atoms with Crippen LogP contribution in [-0.2, 0) is 0 Å². The Balaban J connectivity index is 1.91. The number of nitrogens with one attached hydrogen (secondary N) is 1. The molecule has 1 N–H and O–H groups in total. The summed E-state index contributed by atoms with van der Waals surface area (Å²) in [5.41, 5.74) is 2.27. The van der Waals surface area contributed by atoms with Crippen molar-refractivity contribution in [2.45, 2.75) is 0 Å². The lowest BCUT2D eigenvalue weighted by Gasteiger charge is -2.07. The molecule has 22 heavy (non-hydrogen) atoms. The first kappa shape index (κ1) is 13.0. The number of amidine groups is 1. The van der Waals surface area contributed by atoms with Crippen LogP contribution in [0.25, 0.3) is 21.9 Å². The van der Waals surface area contributed by atoms with Gasteiger partial charge >= 0.3 is 0 Å². The quantitative estimate of drug-likeness (QED) is 0.804. The highest BCUT2D eigenvalue weighted by Crippen LogP contribution is 2.33. The zero-order valence-electron chi connectivity index (χ0n) is 12.3. The van der Waals surface area contributed by atoms with Gasteiger partial charge in [-0.15, -0.1) is 0 Å². The van der Waals surface area contributed by atoms with E-state index >= 15 is 0 Å². The smallest absolute Gasteiger partial charge is 0.176 e. The van der Waals surface area contributed by atoms with Crippen LogP contribution in [0.15, 0.2) is 58.1 Å². The lowest BCUT2D eigenvalue weighted by molar-refractivity contribution is 0.415. The minimum atomic E-state index is 0.794. The van der Waals surface area contributed by atoms with Gasteiger partial charge in [-0.3, -0.25) is 4.99 Å². The van der Waals surface area contributed by atoms with Crippen LogP contribution in [0.4, 0.5) is 0 Å².